The lowest BCUT2D eigenvalue weighted by atomic mass is 10.1. The van der Waals surface area contributed by atoms with Crippen LogP contribution in [-0.4, -0.2) is 21.0 Å². The smallest absolute Gasteiger partial charge is 0.240 e. The van der Waals surface area contributed by atoms with Crippen molar-refractivity contribution in [3.05, 3.63) is 28.3 Å². The molecule has 4 nitrogen and oxygen atoms in total. The van der Waals surface area contributed by atoms with Gasteiger partial charge in [-0.25, -0.2) is 13.1 Å². The van der Waals surface area contributed by atoms with Gasteiger partial charge in [-0.2, -0.15) is 0 Å². The van der Waals surface area contributed by atoms with Gasteiger partial charge in [0.1, 0.15) is 0 Å². The molecule has 2 N–H and O–H groups in total. The molecule has 0 aliphatic heterocycles. The first-order valence-corrected chi connectivity index (χ1v) is 9.18. The molecule has 0 bridgehead atoms. The van der Waals surface area contributed by atoms with Crippen LogP contribution in [0.4, 0.5) is 0 Å². The van der Waals surface area contributed by atoms with Crippen LogP contribution in [0, 0.1) is 12.8 Å². The molecule has 0 heterocycles. The van der Waals surface area contributed by atoms with Crippen LogP contribution in [0.15, 0.2) is 17.0 Å². The standard InChI is InChI=1S/C15H23ClN2O2S/c1-10(2)8-18-21(19,20)15-7-13(16)6-12(11(15)3)9-17-14-4-5-14/h6-7,10,14,17-18H,4-5,8-9H2,1-3H3. The van der Waals surface area contributed by atoms with E-state index in [4.69, 9.17) is 11.6 Å². The fourth-order valence-electron chi connectivity index (χ4n) is 2.07. The molecular weight excluding hydrogens is 308 g/mol. The Kier molecular flexibility index (Phi) is 5.30. The van der Waals surface area contributed by atoms with Gasteiger partial charge in [-0.05, 0) is 48.9 Å². The Morgan fingerprint density at radius 2 is 2.00 bits per heavy atom. The Morgan fingerprint density at radius 3 is 2.57 bits per heavy atom. The average Bonchev–Trinajstić information content (AvgIpc) is 3.21. The summed E-state index contributed by atoms with van der Waals surface area (Å²) in [7, 11) is -3.52. The van der Waals surface area contributed by atoms with E-state index in [9.17, 15) is 8.42 Å². The molecule has 1 aliphatic carbocycles. The zero-order valence-corrected chi connectivity index (χ0v) is 14.3. The number of halogens is 1. The van der Waals surface area contributed by atoms with Gasteiger partial charge >= 0.3 is 0 Å². The zero-order chi connectivity index (χ0) is 15.6. The summed E-state index contributed by atoms with van der Waals surface area (Å²) < 4.78 is 27.5. The number of nitrogens with one attached hydrogen (secondary N) is 2. The molecular formula is C15H23ClN2O2S. The third kappa shape index (κ3) is 4.68. The molecule has 2 rings (SSSR count). The maximum absolute atomic E-state index is 12.4. The van der Waals surface area contributed by atoms with Crippen LogP contribution in [0.2, 0.25) is 5.02 Å². The van der Waals surface area contributed by atoms with Crippen LogP contribution < -0.4 is 10.0 Å². The molecule has 0 atom stereocenters. The van der Waals surface area contributed by atoms with E-state index in [0.717, 1.165) is 11.1 Å². The summed E-state index contributed by atoms with van der Waals surface area (Å²) in [4.78, 5) is 0.281. The van der Waals surface area contributed by atoms with E-state index in [1.54, 1.807) is 0 Å². The summed E-state index contributed by atoms with van der Waals surface area (Å²) in [6, 6.07) is 3.94. The minimum absolute atomic E-state index is 0.260. The van der Waals surface area contributed by atoms with Gasteiger partial charge in [-0.15, -0.1) is 0 Å². The quantitative estimate of drug-likeness (QED) is 0.808. The number of hydrogen-bond acceptors (Lipinski definition) is 3. The van der Waals surface area contributed by atoms with E-state index in [-0.39, 0.29) is 10.8 Å². The number of hydrogen-bond donors (Lipinski definition) is 2. The molecule has 0 unspecified atom stereocenters. The Balaban J connectivity index is 2.24. The van der Waals surface area contributed by atoms with Crippen molar-refractivity contribution in [2.75, 3.05) is 6.54 Å². The van der Waals surface area contributed by atoms with Crippen molar-refractivity contribution in [1.82, 2.24) is 10.0 Å². The molecule has 1 saturated carbocycles. The van der Waals surface area contributed by atoms with Crippen molar-refractivity contribution in [2.45, 2.75) is 51.1 Å². The summed E-state index contributed by atoms with van der Waals surface area (Å²) in [5, 5.41) is 3.85. The Bertz CT molecular complexity index is 610. The molecule has 0 amide bonds. The van der Waals surface area contributed by atoms with Crippen LogP contribution in [0.1, 0.15) is 37.8 Å². The Labute approximate surface area is 132 Å². The lowest BCUT2D eigenvalue weighted by molar-refractivity contribution is 0.559. The molecule has 1 fully saturated rings. The summed E-state index contributed by atoms with van der Waals surface area (Å²) >= 11 is 6.10. The Hall–Kier alpha value is -0.620. The van der Waals surface area contributed by atoms with E-state index in [0.29, 0.717) is 24.2 Å². The minimum atomic E-state index is -3.52. The molecule has 0 saturated heterocycles. The molecule has 21 heavy (non-hydrogen) atoms. The van der Waals surface area contributed by atoms with Crippen LogP contribution in [0.3, 0.4) is 0 Å². The van der Waals surface area contributed by atoms with E-state index < -0.39 is 10.0 Å². The lowest BCUT2D eigenvalue weighted by Gasteiger charge is -2.15. The highest BCUT2D eigenvalue weighted by molar-refractivity contribution is 7.89. The minimum Gasteiger partial charge on any atom is -0.310 e. The second kappa shape index (κ2) is 6.65. The van der Waals surface area contributed by atoms with Gasteiger partial charge in [0.05, 0.1) is 4.90 Å². The lowest BCUT2D eigenvalue weighted by Crippen LogP contribution is -2.28. The topological polar surface area (TPSA) is 58.2 Å². The van der Waals surface area contributed by atoms with Gasteiger partial charge in [0.2, 0.25) is 10.0 Å². The number of benzene rings is 1. The van der Waals surface area contributed by atoms with Crippen molar-refractivity contribution < 1.29 is 8.42 Å². The third-order valence-electron chi connectivity index (χ3n) is 3.56. The monoisotopic (exact) mass is 330 g/mol. The van der Waals surface area contributed by atoms with Crippen molar-refractivity contribution in [3.63, 3.8) is 0 Å². The van der Waals surface area contributed by atoms with Gasteiger partial charge in [-0.3, -0.25) is 0 Å². The number of sulfonamides is 1. The van der Waals surface area contributed by atoms with E-state index in [2.05, 4.69) is 10.0 Å². The summed E-state index contributed by atoms with van der Waals surface area (Å²) in [6.07, 6.45) is 2.39. The van der Waals surface area contributed by atoms with Crippen molar-refractivity contribution in [1.29, 1.82) is 0 Å². The van der Waals surface area contributed by atoms with Gasteiger partial charge in [0.25, 0.3) is 0 Å². The fraction of sp³-hybridized carbons (Fsp3) is 0.600. The van der Waals surface area contributed by atoms with Crippen LogP contribution >= 0.6 is 11.6 Å². The highest BCUT2D eigenvalue weighted by atomic mass is 35.5. The maximum atomic E-state index is 12.4. The molecule has 1 aromatic carbocycles. The molecule has 118 valence electrons. The van der Waals surface area contributed by atoms with Crippen molar-refractivity contribution in [2.24, 2.45) is 5.92 Å². The average molecular weight is 331 g/mol. The van der Waals surface area contributed by atoms with E-state index >= 15 is 0 Å². The molecule has 1 aliphatic rings. The van der Waals surface area contributed by atoms with Crippen LogP contribution in [-0.2, 0) is 16.6 Å². The number of rotatable bonds is 7. The molecule has 1 aromatic rings. The zero-order valence-electron chi connectivity index (χ0n) is 12.7. The predicted molar refractivity (Wildman–Crippen MR) is 86.1 cm³/mol. The van der Waals surface area contributed by atoms with Gasteiger partial charge in [0.15, 0.2) is 0 Å². The summed E-state index contributed by atoms with van der Waals surface area (Å²) in [5.41, 5.74) is 1.71. The first-order chi connectivity index (χ1) is 9.79. The molecule has 6 heteroatoms. The van der Waals surface area contributed by atoms with Crippen LogP contribution in [0.25, 0.3) is 0 Å². The van der Waals surface area contributed by atoms with Crippen molar-refractivity contribution >= 4 is 21.6 Å². The van der Waals surface area contributed by atoms with E-state index in [1.165, 1.54) is 18.9 Å². The normalized spacial score (nSPS) is 15.7. The molecule has 0 spiro atoms. The molecule has 0 radical (unpaired) electrons. The highest BCUT2D eigenvalue weighted by Crippen LogP contribution is 2.26. The van der Waals surface area contributed by atoms with E-state index in [1.807, 2.05) is 26.8 Å². The largest absolute Gasteiger partial charge is 0.310 e. The summed E-state index contributed by atoms with van der Waals surface area (Å²) in [5.74, 6) is 0.260. The van der Waals surface area contributed by atoms with Crippen LogP contribution in [0.5, 0.6) is 0 Å². The first-order valence-electron chi connectivity index (χ1n) is 7.31. The SMILES string of the molecule is Cc1c(CNC2CC2)cc(Cl)cc1S(=O)(=O)NCC(C)C. The first kappa shape index (κ1) is 16.7. The second-order valence-corrected chi connectivity index (χ2v) is 8.26. The maximum Gasteiger partial charge on any atom is 0.240 e. The van der Waals surface area contributed by atoms with Gasteiger partial charge in [0, 0.05) is 24.2 Å². The molecule has 0 aromatic heterocycles. The second-order valence-electron chi connectivity index (χ2n) is 6.09. The Morgan fingerprint density at radius 1 is 1.33 bits per heavy atom. The fourth-order valence-corrected chi connectivity index (χ4v) is 3.90. The highest BCUT2D eigenvalue weighted by Gasteiger charge is 2.23. The van der Waals surface area contributed by atoms with Crippen molar-refractivity contribution in [3.8, 4) is 0 Å². The predicted octanol–water partition coefficient (Wildman–Crippen LogP) is 2.83. The third-order valence-corrected chi connectivity index (χ3v) is 5.33. The van der Waals surface area contributed by atoms with Gasteiger partial charge in [-0.1, -0.05) is 25.4 Å². The summed E-state index contributed by atoms with van der Waals surface area (Å²) in [6.45, 7) is 6.86. The van der Waals surface area contributed by atoms with Gasteiger partial charge < -0.3 is 5.32 Å².